The third kappa shape index (κ3) is 3.36. The molecular formula is C17H13ClFN7OS. The predicted molar refractivity (Wildman–Crippen MR) is 102 cm³/mol. The van der Waals surface area contributed by atoms with Crippen molar-refractivity contribution in [2.45, 2.75) is 18.7 Å². The van der Waals surface area contributed by atoms with Gasteiger partial charge in [0.2, 0.25) is 11.7 Å². The van der Waals surface area contributed by atoms with Crippen LogP contribution >= 0.6 is 24.2 Å². The van der Waals surface area contributed by atoms with Gasteiger partial charge in [0.25, 0.3) is 0 Å². The lowest BCUT2D eigenvalue weighted by molar-refractivity contribution is 0.380. The molecule has 0 spiro atoms. The van der Waals surface area contributed by atoms with Crippen LogP contribution in [-0.4, -0.2) is 34.9 Å². The first-order valence-corrected chi connectivity index (χ1v) is 9.14. The van der Waals surface area contributed by atoms with E-state index in [1.165, 1.54) is 24.5 Å². The Morgan fingerprint density at radius 1 is 1.29 bits per heavy atom. The van der Waals surface area contributed by atoms with E-state index in [0.29, 0.717) is 28.9 Å². The highest BCUT2D eigenvalue weighted by atomic mass is 35.5. The molecule has 28 heavy (non-hydrogen) atoms. The second-order valence-corrected chi connectivity index (χ2v) is 6.66. The fourth-order valence-electron chi connectivity index (χ4n) is 2.68. The number of halogens is 2. The molecule has 0 aliphatic rings. The van der Waals surface area contributed by atoms with E-state index in [2.05, 4.69) is 42.9 Å². The van der Waals surface area contributed by atoms with Gasteiger partial charge in [0.15, 0.2) is 11.6 Å². The van der Waals surface area contributed by atoms with E-state index in [-0.39, 0.29) is 17.3 Å². The molecule has 0 amide bonds. The summed E-state index contributed by atoms with van der Waals surface area (Å²) in [5, 5.41) is 12.0. The second-order valence-electron chi connectivity index (χ2n) is 5.70. The molecule has 0 aliphatic carbocycles. The fraction of sp³-hybridized carbons (Fsp3) is 0.176. The van der Waals surface area contributed by atoms with E-state index in [4.69, 9.17) is 16.1 Å². The van der Waals surface area contributed by atoms with Crippen molar-refractivity contribution in [3.05, 3.63) is 59.3 Å². The molecule has 0 radical (unpaired) electrons. The summed E-state index contributed by atoms with van der Waals surface area (Å²) in [6, 6.07) is 5.86. The summed E-state index contributed by atoms with van der Waals surface area (Å²) in [5.41, 5.74) is 0.769. The molecule has 1 unspecified atom stereocenters. The number of thiol groups is 1. The zero-order valence-corrected chi connectivity index (χ0v) is 16.1. The minimum absolute atomic E-state index is 0.0765. The lowest BCUT2D eigenvalue weighted by atomic mass is 10.2. The Morgan fingerprint density at radius 2 is 2.14 bits per heavy atom. The van der Waals surface area contributed by atoms with Gasteiger partial charge >= 0.3 is 0 Å². The van der Waals surface area contributed by atoms with E-state index in [0.717, 1.165) is 0 Å². The van der Waals surface area contributed by atoms with Gasteiger partial charge in [-0.25, -0.2) is 14.4 Å². The monoisotopic (exact) mass is 417 g/mol. The van der Waals surface area contributed by atoms with Gasteiger partial charge in [-0.3, -0.25) is 0 Å². The van der Waals surface area contributed by atoms with Gasteiger partial charge in [0.05, 0.1) is 5.56 Å². The lowest BCUT2D eigenvalue weighted by Crippen LogP contribution is -2.07. The van der Waals surface area contributed by atoms with Crippen LogP contribution < -0.4 is 0 Å². The van der Waals surface area contributed by atoms with Gasteiger partial charge in [0, 0.05) is 17.8 Å². The molecule has 4 aromatic rings. The first-order chi connectivity index (χ1) is 13.6. The Labute approximate surface area is 169 Å². The lowest BCUT2D eigenvalue weighted by Gasteiger charge is -2.09. The summed E-state index contributed by atoms with van der Waals surface area (Å²) in [5.74, 6) is 0.803. The molecule has 8 nitrogen and oxygen atoms in total. The first-order valence-electron chi connectivity index (χ1n) is 8.25. The molecule has 1 atom stereocenters. The van der Waals surface area contributed by atoms with Crippen LogP contribution in [0.2, 0.25) is 5.02 Å². The van der Waals surface area contributed by atoms with Gasteiger partial charge in [-0.15, -0.1) is 10.2 Å². The minimum atomic E-state index is -0.661. The van der Waals surface area contributed by atoms with Crippen LogP contribution in [0.1, 0.15) is 23.9 Å². The normalized spacial score (nSPS) is 12.3. The average Bonchev–Trinajstić information content (AvgIpc) is 3.37. The van der Waals surface area contributed by atoms with Crippen molar-refractivity contribution in [2.24, 2.45) is 0 Å². The SMILES string of the molecule is CCn1c(-c2ccncn2)nnc1C(S)c1nc(-c2cc(Cl)ccc2F)no1. The van der Waals surface area contributed by atoms with Crippen molar-refractivity contribution in [3.8, 4) is 22.9 Å². The smallest absolute Gasteiger partial charge is 0.247 e. The largest absolute Gasteiger partial charge is 0.337 e. The van der Waals surface area contributed by atoms with Gasteiger partial charge in [-0.1, -0.05) is 16.8 Å². The number of nitrogens with zero attached hydrogens (tertiary/aromatic N) is 7. The van der Waals surface area contributed by atoms with Gasteiger partial charge < -0.3 is 9.09 Å². The zero-order chi connectivity index (χ0) is 19.7. The topological polar surface area (TPSA) is 95.4 Å². The maximum absolute atomic E-state index is 14.1. The van der Waals surface area contributed by atoms with Crippen LogP contribution in [0, 0.1) is 5.82 Å². The second kappa shape index (κ2) is 7.64. The van der Waals surface area contributed by atoms with Gasteiger partial charge in [-0.2, -0.15) is 17.6 Å². The number of benzene rings is 1. The molecule has 0 saturated carbocycles. The van der Waals surface area contributed by atoms with Crippen molar-refractivity contribution in [3.63, 3.8) is 0 Å². The molecule has 0 aliphatic heterocycles. The molecule has 0 fully saturated rings. The average molecular weight is 418 g/mol. The van der Waals surface area contributed by atoms with E-state index in [1.54, 1.807) is 12.3 Å². The van der Waals surface area contributed by atoms with E-state index < -0.39 is 11.1 Å². The van der Waals surface area contributed by atoms with Crippen molar-refractivity contribution in [1.82, 2.24) is 34.9 Å². The van der Waals surface area contributed by atoms with Crippen molar-refractivity contribution in [2.75, 3.05) is 0 Å². The first kappa shape index (κ1) is 18.5. The van der Waals surface area contributed by atoms with Crippen LogP contribution in [0.15, 0.2) is 41.3 Å². The molecule has 0 bridgehead atoms. The van der Waals surface area contributed by atoms with E-state index in [1.807, 2.05) is 11.5 Å². The van der Waals surface area contributed by atoms with Crippen LogP contribution in [0.5, 0.6) is 0 Å². The van der Waals surface area contributed by atoms with E-state index in [9.17, 15) is 4.39 Å². The summed E-state index contributed by atoms with van der Waals surface area (Å²) in [7, 11) is 0. The summed E-state index contributed by atoms with van der Waals surface area (Å²) in [4.78, 5) is 12.4. The number of rotatable bonds is 5. The summed E-state index contributed by atoms with van der Waals surface area (Å²) < 4.78 is 21.2. The highest BCUT2D eigenvalue weighted by Crippen LogP contribution is 2.31. The third-order valence-electron chi connectivity index (χ3n) is 4.00. The maximum Gasteiger partial charge on any atom is 0.247 e. The van der Waals surface area contributed by atoms with Crippen LogP contribution in [-0.2, 0) is 6.54 Å². The highest BCUT2D eigenvalue weighted by molar-refractivity contribution is 7.80. The summed E-state index contributed by atoms with van der Waals surface area (Å²) in [6.45, 7) is 2.52. The van der Waals surface area contributed by atoms with Crippen molar-refractivity contribution >= 4 is 24.2 Å². The van der Waals surface area contributed by atoms with Gasteiger partial charge in [-0.05, 0) is 31.2 Å². The van der Waals surface area contributed by atoms with Crippen LogP contribution in [0.3, 0.4) is 0 Å². The van der Waals surface area contributed by atoms with Crippen molar-refractivity contribution < 1.29 is 8.91 Å². The Kier molecular flexibility index (Phi) is 5.05. The molecule has 4 rings (SSSR count). The number of hydrogen-bond acceptors (Lipinski definition) is 8. The standard InChI is InChI=1S/C17H13ClFN7OS/c1-2-26-15(12-5-6-20-8-21-12)23-24-16(26)13(28)17-22-14(25-27-17)10-7-9(18)3-4-11(10)19/h3-8,13,28H,2H2,1H3. The molecule has 11 heteroatoms. The molecule has 3 heterocycles. The fourth-order valence-corrected chi connectivity index (χ4v) is 3.14. The Hall–Kier alpha value is -2.85. The van der Waals surface area contributed by atoms with Crippen molar-refractivity contribution in [1.29, 1.82) is 0 Å². The Morgan fingerprint density at radius 3 is 2.89 bits per heavy atom. The van der Waals surface area contributed by atoms with E-state index >= 15 is 0 Å². The predicted octanol–water partition coefficient (Wildman–Crippen LogP) is 3.62. The summed E-state index contributed by atoms with van der Waals surface area (Å²) >= 11 is 10.5. The molecule has 0 saturated heterocycles. The molecular weight excluding hydrogens is 405 g/mol. The van der Waals surface area contributed by atoms with Crippen LogP contribution in [0.25, 0.3) is 22.9 Å². The summed E-state index contributed by atoms with van der Waals surface area (Å²) in [6.07, 6.45) is 3.06. The molecule has 142 valence electrons. The Balaban J connectivity index is 1.69. The zero-order valence-electron chi connectivity index (χ0n) is 14.5. The molecule has 0 N–H and O–H groups in total. The minimum Gasteiger partial charge on any atom is -0.337 e. The molecule has 3 aromatic heterocycles. The Bertz CT molecular complexity index is 1120. The quantitative estimate of drug-likeness (QED) is 0.495. The number of aromatic nitrogens is 7. The molecule has 1 aromatic carbocycles. The van der Waals surface area contributed by atoms with Crippen LogP contribution in [0.4, 0.5) is 4.39 Å². The third-order valence-corrected chi connectivity index (χ3v) is 4.68. The maximum atomic E-state index is 14.1. The van der Waals surface area contributed by atoms with Gasteiger partial charge in [0.1, 0.15) is 23.1 Å². The number of hydrogen-bond donors (Lipinski definition) is 1. The highest BCUT2D eigenvalue weighted by Gasteiger charge is 2.26.